The fourth-order valence-electron chi connectivity index (χ4n) is 2.46. The van der Waals surface area contributed by atoms with Crippen LogP contribution in [0.15, 0.2) is 65.3 Å². The van der Waals surface area contributed by atoms with Crippen molar-refractivity contribution in [3.63, 3.8) is 0 Å². The average Bonchev–Trinajstić information content (AvgIpc) is 3.01. The Kier molecular flexibility index (Phi) is 4.22. The zero-order valence-corrected chi connectivity index (χ0v) is 12.1. The molecule has 3 heteroatoms. The van der Waals surface area contributed by atoms with E-state index < -0.39 is 0 Å². The minimum atomic E-state index is 0.0270. The van der Waals surface area contributed by atoms with Gasteiger partial charge in [0.25, 0.3) is 0 Å². The van der Waals surface area contributed by atoms with Crippen molar-refractivity contribution < 1.29 is 9.15 Å². The van der Waals surface area contributed by atoms with Gasteiger partial charge in [-0.05, 0) is 37.4 Å². The van der Waals surface area contributed by atoms with Crippen molar-refractivity contribution in [2.45, 2.75) is 12.5 Å². The highest BCUT2D eigenvalue weighted by Crippen LogP contribution is 2.31. The molecule has 0 radical (unpaired) electrons. The van der Waals surface area contributed by atoms with Crippen molar-refractivity contribution in [1.82, 2.24) is 5.32 Å². The maximum Gasteiger partial charge on any atom is 0.137 e. The number of rotatable bonds is 6. The lowest BCUT2D eigenvalue weighted by Crippen LogP contribution is -2.16. The second kappa shape index (κ2) is 6.46. The molecule has 0 amide bonds. The van der Waals surface area contributed by atoms with Crippen LogP contribution < -0.4 is 10.1 Å². The summed E-state index contributed by atoms with van der Waals surface area (Å²) in [7, 11) is 1.96. The first-order valence-electron chi connectivity index (χ1n) is 7.21. The molecule has 21 heavy (non-hydrogen) atoms. The molecule has 2 aromatic carbocycles. The summed E-state index contributed by atoms with van der Waals surface area (Å²) < 4.78 is 11.7. The zero-order valence-electron chi connectivity index (χ0n) is 12.1. The standard InChI is InChI=1S/C18H19NO2/c1-19-12-10-16(14-6-3-2-4-7-14)21-18-9-5-8-17-15(18)11-13-20-17/h2-9,11,13,16,19H,10,12H2,1H3/t16-/m0/s1. The monoisotopic (exact) mass is 281 g/mol. The Morgan fingerprint density at radius 2 is 1.90 bits per heavy atom. The smallest absolute Gasteiger partial charge is 0.137 e. The zero-order chi connectivity index (χ0) is 14.5. The summed E-state index contributed by atoms with van der Waals surface area (Å²) in [4.78, 5) is 0. The van der Waals surface area contributed by atoms with E-state index in [0.717, 1.165) is 29.7 Å². The summed E-state index contributed by atoms with van der Waals surface area (Å²) in [5.74, 6) is 0.867. The molecule has 1 N–H and O–H groups in total. The molecule has 108 valence electrons. The quantitative estimate of drug-likeness (QED) is 0.736. The number of furan rings is 1. The van der Waals surface area contributed by atoms with Crippen LogP contribution in [-0.4, -0.2) is 13.6 Å². The summed E-state index contributed by atoms with van der Waals surface area (Å²) in [5, 5.41) is 4.20. The normalized spacial score (nSPS) is 12.4. The predicted molar refractivity (Wildman–Crippen MR) is 84.6 cm³/mol. The molecule has 0 spiro atoms. The molecule has 3 nitrogen and oxygen atoms in total. The van der Waals surface area contributed by atoms with Crippen molar-refractivity contribution in [3.05, 3.63) is 66.4 Å². The van der Waals surface area contributed by atoms with E-state index in [1.807, 2.05) is 49.5 Å². The molecule has 0 saturated heterocycles. The molecular formula is C18H19NO2. The molecule has 0 aliphatic rings. The highest BCUT2D eigenvalue weighted by molar-refractivity contribution is 5.83. The number of hydrogen-bond acceptors (Lipinski definition) is 3. The van der Waals surface area contributed by atoms with Crippen LogP contribution in [0.2, 0.25) is 0 Å². The molecule has 1 heterocycles. The van der Waals surface area contributed by atoms with Gasteiger partial charge in [0, 0.05) is 6.42 Å². The van der Waals surface area contributed by atoms with Gasteiger partial charge < -0.3 is 14.5 Å². The van der Waals surface area contributed by atoms with Crippen LogP contribution in [0, 0.1) is 0 Å². The van der Waals surface area contributed by atoms with E-state index in [-0.39, 0.29) is 6.10 Å². The Morgan fingerprint density at radius 1 is 1.05 bits per heavy atom. The second-order valence-corrected chi connectivity index (χ2v) is 5.00. The van der Waals surface area contributed by atoms with E-state index >= 15 is 0 Å². The summed E-state index contributed by atoms with van der Waals surface area (Å²) in [5.41, 5.74) is 2.04. The second-order valence-electron chi connectivity index (χ2n) is 5.00. The van der Waals surface area contributed by atoms with Crippen LogP contribution in [-0.2, 0) is 0 Å². The van der Waals surface area contributed by atoms with Crippen LogP contribution in [0.3, 0.4) is 0 Å². The molecular weight excluding hydrogens is 262 g/mol. The van der Waals surface area contributed by atoms with Crippen molar-refractivity contribution in [2.24, 2.45) is 0 Å². The highest BCUT2D eigenvalue weighted by Gasteiger charge is 2.14. The minimum Gasteiger partial charge on any atom is -0.485 e. The third-order valence-corrected chi connectivity index (χ3v) is 3.55. The van der Waals surface area contributed by atoms with Crippen LogP contribution >= 0.6 is 0 Å². The fraction of sp³-hybridized carbons (Fsp3) is 0.222. The van der Waals surface area contributed by atoms with E-state index in [0.29, 0.717) is 0 Å². The molecule has 3 aromatic rings. The Bertz CT molecular complexity index is 691. The molecule has 1 atom stereocenters. The Balaban J connectivity index is 1.89. The van der Waals surface area contributed by atoms with Gasteiger partial charge in [-0.2, -0.15) is 0 Å². The topological polar surface area (TPSA) is 34.4 Å². The van der Waals surface area contributed by atoms with Gasteiger partial charge in [-0.15, -0.1) is 0 Å². The van der Waals surface area contributed by atoms with E-state index in [9.17, 15) is 0 Å². The van der Waals surface area contributed by atoms with Gasteiger partial charge in [0.05, 0.1) is 11.6 Å². The Hall–Kier alpha value is -2.26. The first-order chi connectivity index (χ1) is 10.4. The molecule has 0 aliphatic carbocycles. The van der Waals surface area contributed by atoms with Crippen molar-refractivity contribution in [2.75, 3.05) is 13.6 Å². The SMILES string of the molecule is CNCC[C@H](Oc1cccc2occc12)c1ccccc1. The average molecular weight is 281 g/mol. The third-order valence-electron chi connectivity index (χ3n) is 3.55. The largest absolute Gasteiger partial charge is 0.485 e. The fourth-order valence-corrected chi connectivity index (χ4v) is 2.46. The minimum absolute atomic E-state index is 0.0270. The van der Waals surface area contributed by atoms with Crippen LogP contribution in [0.4, 0.5) is 0 Å². The molecule has 0 saturated carbocycles. The lowest BCUT2D eigenvalue weighted by atomic mass is 10.1. The lowest BCUT2D eigenvalue weighted by molar-refractivity contribution is 0.197. The lowest BCUT2D eigenvalue weighted by Gasteiger charge is -2.20. The number of benzene rings is 2. The number of ether oxygens (including phenoxy) is 1. The molecule has 0 fully saturated rings. The predicted octanol–water partition coefficient (Wildman–Crippen LogP) is 4.16. The molecule has 0 unspecified atom stereocenters. The van der Waals surface area contributed by atoms with Gasteiger partial charge in [0.2, 0.25) is 0 Å². The Morgan fingerprint density at radius 3 is 2.71 bits per heavy atom. The molecule has 0 aliphatic heterocycles. The molecule has 1 aromatic heterocycles. The van der Waals surface area contributed by atoms with Gasteiger partial charge in [0.1, 0.15) is 17.4 Å². The van der Waals surface area contributed by atoms with Gasteiger partial charge in [-0.25, -0.2) is 0 Å². The number of nitrogens with one attached hydrogen (secondary N) is 1. The summed E-state index contributed by atoms with van der Waals surface area (Å²) in [6, 6.07) is 18.2. The van der Waals surface area contributed by atoms with E-state index in [1.54, 1.807) is 6.26 Å². The number of hydrogen-bond donors (Lipinski definition) is 1. The van der Waals surface area contributed by atoms with Gasteiger partial charge >= 0.3 is 0 Å². The van der Waals surface area contributed by atoms with E-state index in [1.165, 1.54) is 5.56 Å². The van der Waals surface area contributed by atoms with Gasteiger partial charge in [-0.1, -0.05) is 36.4 Å². The van der Waals surface area contributed by atoms with Crippen LogP contribution in [0.5, 0.6) is 5.75 Å². The van der Waals surface area contributed by atoms with Crippen molar-refractivity contribution in [1.29, 1.82) is 0 Å². The summed E-state index contributed by atoms with van der Waals surface area (Å²) in [6.07, 6.45) is 2.64. The third kappa shape index (κ3) is 3.09. The Labute approximate surface area is 124 Å². The maximum atomic E-state index is 6.27. The summed E-state index contributed by atoms with van der Waals surface area (Å²) >= 11 is 0. The van der Waals surface area contributed by atoms with Gasteiger partial charge in [0.15, 0.2) is 0 Å². The maximum absolute atomic E-state index is 6.27. The van der Waals surface area contributed by atoms with Crippen LogP contribution in [0.1, 0.15) is 18.1 Å². The molecule has 0 bridgehead atoms. The number of fused-ring (bicyclic) bond motifs is 1. The van der Waals surface area contributed by atoms with E-state index in [4.69, 9.17) is 9.15 Å². The first kappa shape index (κ1) is 13.7. The van der Waals surface area contributed by atoms with E-state index in [2.05, 4.69) is 17.4 Å². The highest BCUT2D eigenvalue weighted by atomic mass is 16.5. The van der Waals surface area contributed by atoms with Crippen LogP contribution in [0.25, 0.3) is 11.0 Å². The molecule has 3 rings (SSSR count). The van der Waals surface area contributed by atoms with Gasteiger partial charge in [-0.3, -0.25) is 0 Å². The van der Waals surface area contributed by atoms with Crippen molar-refractivity contribution in [3.8, 4) is 5.75 Å². The summed E-state index contributed by atoms with van der Waals surface area (Å²) in [6.45, 7) is 0.904. The van der Waals surface area contributed by atoms with Crippen molar-refractivity contribution >= 4 is 11.0 Å². The first-order valence-corrected chi connectivity index (χ1v) is 7.21.